The molecule has 1 saturated heterocycles. The zero-order valence-electron chi connectivity index (χ0n) is 10.0. The van der Waals surface area contributed by atoms with E-state index in [2.05, 4.69) is 9.88 Å². The second-order valence-corrected chi connectivity index (χ2v) is 5.10. The second-order valence-electron chi connectivity index (χ2n) is 4.31. The van der Waals surface area contributed by atoms with E-state index in [4.69, 9.17) is 27.9 Å². The fourth-order valence-corrected chi connectivity index (χ4v) is 2.45. The average molecular weight is 289 g/mol. The minimum atomic E-state index is -0.150. The number of hydrogen-bond acceptors (Lipinski definition) is 4. The average Bonchev–Trinajstić information content (AvgIpc) is 2.81. The summed E-state index contributed by atoms with van der Waals surface area (Å²) in [6.45, 7) is 2.12. The Morgan fingerprint density at radius 3 is 3.06 bits per heavy atom. The van der Waals surface area contributed by atoms with Gasteiger partial charge in [0.25, 0.3) is 0 Å². The van der Waals surface area contributed by atoms with Crippen molar-refractivity contribution in [1.29, 1.82) is 0 Å². The van der Waals surface area contributed by atoms with Crippen LogP contribution in [-0.4, -0.2) is 36.1 Å². The number of carbonyl (C=O) groups is 1. The summed E-state index contributed by atoms with van der Waals surface area (Å²) >= 11 is 11.9. The first-order chi connectivity index (χ1) is 8.60. The van der Waals surface area contributed by atoms with E-state index in [0.29, 0.717) is 23.3 Å². The van der Waals surface area contributed by atoms with Gasteiger partial charge in [0.05, 0.1) is 23.7 Å². The summed E-state index contributed by atoms with van der Waals surface area (Å²) in [5.41, 5.74) is 0.745. The topological polar surface area (TPSA) is 42.4 Å². The number of nitrogens with zero attached hydrogens (tertiary/aromatic N) is 2. The van der Waals surface area contributed by atoms with Crippen molar-refractivity contribution in [1.82, 2.24) is 9.88 Å². The van der Waals surface area contributed by atoms with Gasteiger partial charge in [0.15, 0.2) is 0 Å². The quantitative estimate of drug-likeness (QED) is 0.633. The normalized spacial score (nSPS) is 20.1. The van der Waals surface area contributed by atoms with Crippen LogP contribution in [0.4, 0.5) is 0 Å². The molecule has 18 heavy (non-hydrogen) atoms. The van der Waals surface area contributed by atoms with Gasteiger partial charge in [-0.3, -0.25) is 9.69 Å². The molecule has 4 nitrogen and oxygen atoms in total. The van der Waals surface area contributed by atoms with Gasteiger partial charge in [-0.25, -0.2) is 4.98 Å². The Balaban J connectivity index is 1.99. The zero-order valence-corrected chi connectivity index (χ0v) is 11.5. The van der Waals surface area contributed by atoms with Crippen LogP contribution < -0.4 is 0 Å². The maximum Gasteiger partial charge on any atom is 0.310 e. The lowest BCUT2D eigenvalue weighted by Crippen LogP contribution is -2.24. The standard InChI is InChI=1S/C12H14Cl2N2O2/c1-18-12(17)8-4-5-16(6-8)7-10-9(13)2-3-11(14)15-10/h2-3,8H,4-7H2,1H3. The fraction of sp³-hybridized carbons (Fsp3) is 0.500. The van der Waals surface area contributed by atoms with E-state index < -0.39 is 0 Å². The molecule has 2 rings (SSSR count). The summed E-state index contributed by atoms with van der Waals surface area (Å²) in [5.74, 6) is -0.199. The lowest BCUT2D eigenvalue weighted by molar-refractivity contribution is -0.144. The number of aromatic nitrogens is 1. The summed E-state index contributed by atoms with van der Waals surface area (Å²) in [5, 5.41) is 1.03. The Kier molecular flexibility index (Phi) is 4.43. The van der Waals surface area contributed by atoms with Crippen LogP contribution in [0.3, 0.4) is 0 Å². The molecule has 1 unspecified atom stereocenters. The van der Waals surface area contributed by atoms with Gasteiger partial charge < -0.3 is 4.74 Å². The van der Waals surface area contributed by atoms with Gasteiger partial charge in [-0.15, -0.1) is 0 Å². The molecule has 98 valence electrons. The third-order valence-electron chi connectivity index (χ3n) is 3.06. The Labute approximate surface area is 116 Å². The first-order valence-electron chi connectivity index (χ1n) is 5.71. The first-order valence-corrected chi connectivity index (χ1v) is 6.47. The molecule has 2 heterocycles. The van der Waals surface area contributed by atoms with Gasteiger partial charge >= 0.3 is 5.97 Å². The van der Waals surface area contributed by atoms with Crippen LogP contribution in [0, 0.1) is 5.92 Å². The zero-order chi connectivity index (χ0) is 13.1. The van der Waals surface area contributed by atoms with Crippen molar-refractivity contribution < 1.29 is 9.53 Å². The van der Waals surface area contributed by atoms with Crippen molar-refractivity contribution in [2.45, 2.75) is 13.0 Å². The van der Waals surface area contributed by atoms with Crippen molar-refractivity contribution in [2.75, 3.05) is 20.2 Å². The Morgan fingerprint density at radius 2 is 2.33 bits per heavy atom. The molecule has 0 amide bonds. The van der Waals surface area contributed by atoms with Crippen LogP contribution in [0.2, 0.25) is 10.2 Å². The maximum atomic E-state index is 11.4. The predicted octanol–water partition coefficient (Wildman–Crippen LogP) is 2.38. The smallest absolute Gasteiger partial charge is 0.310 e. The highest BCUT2D eigenvalue weighted by Crippen LogP contribution is 2.23. The van der Waals surface area contributed by atoms with Gasteiger partial charge in [0.2, 0.25) is 0 Å². The summed E-state index contributed by atoms with van der Waals surface area (Å²) in [7, 11) is 1.42. The van der Waals surface area contributed by atoms with Crippen molar-refractivity contribution in [3.63, 3.8) is 0 Å². The molecule has 1 aliphatic rings. The SMILES string of the molecule is COC(=O)C1CCN(Cc2nc(Cl)ccc2Cl)C1. The lowest BCUT2D eigenvalue weighted by atomic mass is 10.1. The van der Waals surface area contributed by atoms with E-state index in [9.17, 15) is 4.79 Å². The molecule has 1 fully saturated rings. The summed E-state index contributed by atoms with van der Waals surface area (Å²) in [4.78, 5) is 17.8. The molecule has 1 aliphatic heterocycles. The highest BCUT2D eigenvalue weighted by Gasteiger charge is 2.29. The molecule has 0 saturated carbocycles. The third-order valence-corrected chi connectivity index (χ3v) is 3.62. The van der Waals surface area contributed by atoms with Crippen LogP contribution in [0.5, 0.6) is 0 Å². The van der Waals surface area contributed by atoms with Crippen LogP contribution in [-0.2, 0) is 16.1 Å². The first kappa shape index (κ1) is 13.6. The van der Waals surface area contributed by atoms with Crippen molar-refractivity contribution in [3.05, 3.63) is 28.0 Å². The van der Waals surface area contributed by atoms with Crippen LogP contribution in [0.15, 0.2) is 12.1 Å². The Morgan fingerprint density at radius 1 is 1.56 bits per heavy atom. The van der Waals surface area contributed by atoms with Crippen LogP contribution in [0.25, 0.3) is 0 Å². The Bertz CT molecular complexity index is 454. The van der Waals surface area contributed by atoms with Gasteiger partial charge in [-0.1, -0.05) is 23.2 Å². The van der Waals surface area contributed by atoms with E-state index in [1.165, 1.54) is 7.11 Å². The number of halogens is 2. The summed E-state index contributed by atoms with van der Waals surface area (Å²) in [6.07, 6.45) is 0.810. The number of rotatable bonds is 3. The van der Waals surface area contributed by atoms with Crippen LogP contribution >= 0.6 is 23.2 Å². The molecular weight excluding hydrogens is 275 g/mol. The van der Waals surface area contributed by atoms with Gasteiger partial charge in [0.1, 0.15) is 5.15 Å². The molecule has 1 aromatic rings. The van der Waals surface area contributed by atoms with Crippen LogP contribution in [0.1, 0.15) is 12.1 Å². The molecule has 0 spiro atoms. The van der Waals surface area contributed by atoms with Crippen molar-refractivity contribution in [2.24, 2.45) is 5.92 Å². The second kappa shape index (κ2) is 5.87. The minimum absolute atomic E-state index is 0.0482. The summed E-state index contributed by atoms with van der Waals surface area (Å²) < 4.78 is 4.75. The third kappa shape index (κ3) is 3.13. The number of likely N-dealkylation sites (tertiary alicyclic amines) is 1. The number of pyridine rings is 1. The monoisotopic (exact) mass is 288 g/mol. The maximum absolute atomic E-state index is 11.4. The van der Waals surface area contributed by atoms with Gasteiger partial charge in [-0.2, -0.15) is 0 Å². The molecular formula is C12H14Cl2N2O2. The molecule has 1 atom stereocenters. The molecule has 6 heteroatoms. The highest BCUT2D eigenvalue weighted by atomic mass is 35.5. The highest BCUT2D eigenvalue weighted by molar-refractivity contribution is 6.32. The number of esters is 1. The van der Waals surface area contributed by atoms with E-state index in [0.717, 1.165) is 18.7 Å². The van der Waals surface area contributed by atoms with E-state index >= 15 is 0 Å². The molecule has 0 N–H and O–H groups in total. The van der Waals surface area contributed by atoms with E-state index in [1.807, 2.05) is 0 Å². The molecule has 0 bridgehead atoms. The number of ether oxygens (including phenoxy) is 1. The number of carbonyl (C=O) groups excluding carboxylic acids is 1. The van der Waals surface area contributed by atoms with E-state index in [1.54, 1.807) is 12.1 Å². The molecule has 0 aromatic carbocycles. The fourth-order valence-electron chi connectivity index (χ4n) is 2.12. The summed E-state index contributed by atoms with van der Waals surface area (Å²) in [6, 6.07) is 3.40. The Hall–Kier alpha value is -0.840. The van der Waals surface area contributed by atoms with Crippen molar-refractivity contribution in [3.8, 4) is 0 Å². The molecule has 0 radical (unpaired) electrons. The molecule has 0 aliphatic carbocycles. The lowest BCUT2D eigenvalue weighted by Gasteiger charge is -2.15. The largest absolute Gasteiger partial charge is 0.469 e. The van der Waals surface area contributed by atoms with Gasteiger partial charge in [0, 0.05) is 13.1 Å². The van der Waals surface area contributed by atoms with Gasteiger partial charge in [-0.05, 0) is 25.1 Å². The van der Waals surface area contributed by atoms with E-state index in [-0.39, 0.29) is 11.9 Å². The molecule has 1 aromatic heterocycles. The van der Waals surface area contributed by atoms with Crippen molar-refractivity contribution >= 4 is 29.2 Å². The number of methoxy groups -OCH3 is 1. The number of hydrogen-bond donors (Lipinski definition) is 0. The predicted molar refractivity (Wildman–Crippen MR) is 69.7 cm³/mol. The minimum Gasteiger partial charge on any atom is -0.469 e.